The maximum atomic E-state index is 3.53. The molecule has 0 nitrogen and oxygen atoms in total. The minimum absolute atomic E-state index is 0.770. The molecule has 3 fully saturated rings. The van der Waals surface area contributed by atoms with Crippen LogP contribution in [0.1, 0.15) is 46.0 Å². The molecule has 0 aliphatic heterocycles. The summed E-state index contributed by atoms with van der Waals surface area (Å²) >= 11 is 3.53. The van der Waals surface area contributed by atoms with Gasteiger partial charge in [-0.05, 0) is 61.0 Å². The number of rotatable bonds is 0. The van der Waals surface area contributed by atoms with Crippen molar-refractivity contribution in [2.24, 2.45) is 22.7 Å². The summed E-state index contributed by atoms with van der Waals surface area (Å²) in [5, 5.41) is 0. The molecule has 4 unspecified atom stereocenters. The van der Waals surface area contributed by atoms with Crippen molar-refractivity contribution in [2.45, 2.75) is 46.0 Å². The van der Waals surface area contributed by atoms with Crippen LogP contribution in [0.2, 0.25) is 0 Å². The van der Waals surface area contributed by atoms with Gasteiger partial charge in [-0.2, -0.15) is 12.6 Å². The molecule has 0 radical (unpaired) electrons. The molecule has 0 amide bonds. The number of hydrogen-bond acceptors (Lipinski definition) is 1. The molecule has 4 atom stereocenters. The highest BCUT2D eigenvalue weighted by molar-refractivity contribution is 7.79. The zero-order chi connectivity index (χ0) is 9.69. The average Bonchev–Trinajstić information content (AvgIpc) is 2.30. The Morgan fingerprint density at radius 1 is 1.15 bits per heavy atom. The topological polar surface area (TPSA) is 0 Å². The van der Waals surface area contributed by atoms with Crippen LogP contribution in [-0.2, 0) is 0 Å². The number of thiol groups is 1. The first-order chi connectivity index (χ1) is 6.12. The van der Waals surface area contributed by atoms with Gasteiger partial charge in [0.15, 0.2) is 0 Å². The molecule has 3 saturated carbocycles. The van der Waals surface area contributed by atoms with Crippen LogP contribution in [0.25, 0.3) is 0 Å². The molecule has 0 spiro atoms. The summed E-state index contributed by atoms with van der Waals surface area (Å²) < 4.78 is 0. The van der Waals surface area contributed by atoms with Crippen molar-refractivity contribution < 1.29 is 0 Å². The lowest BCUT2D eigenvalue weighted by molar-refractivity contribution is -0.0326. The Labute approximate surface area is 87.9 Å². The summed E-state index contributed by atoms with van der Waals surface area (Å²) in [6.45, 7) is 5.07. The Morgan fingerprint density at radius 2 is 1.85 bits per heavy atom. The van der Waals surface area contributed by atoms with Crippen LogP contribution in [0.3, 0.4) is 0 Å². The van der Waals surface area contributed by atoms with E-state index in [1.54, 1.807) is 31.9 Å². The minimum atomic E-state index is 0.770. The fourth-order valence-electron chi connectivity index (χ4n) is 4.41. The van der Waals surface area contributed by atoms with Gasteiger partial charge in [0, 0.05) is 0 Å². The lowest BCUT2D eigenvalue weighted by atomic mass is 9.52. The van der Waals surface area contributed by atoms with Gasteiger partial charge in [-0.1, -0.05) is 13.8 Å². The van der Waals surface area contributed by atoms with Crippen molar-refractivity contribution >= 4 is 12.6 Å². The van der Waals surface area contributed by atoms with Crippen LogP contribution < -0.4 is 0 Å². The van der Waals surface area contributed by atoms with E-state index in [2.05, 4.69) is 26.5 Å². The summed E-state index contributed by atoms with van der Waals surface area (Å²) in [5.74, 6) is 2.25. The summed E-state index contributed by atoms with van der Waals surface area (Å²) in [6.07, 6.45) is 9.45. The molecule has 0 saturated heterocycles. The Bertz CT molecular complexity index is 213. The van der Waals surface area contributed by atoms with Gasteiger partial charge >= 0.3 is 0 Å². The van der Waals surface area contributed by atoms with Gasteiger partial charge in [-0.3, -0.25) is 0 Å². The average molecular weight is 198 g/mol. The molecule has 76 valence electrons. The van der Waals surface area contributed by atoms with E-state index < -0.39 is 0 Å². The van der Waals surface area contributed by atoms with Gasteiger partial charge in [0.25, 0.3) is 0 Å². The molecule has 0 heterocycles. The van der Waals surface area contributed by atoms with Gasteiger partial charge in [0.1, 0.15) is 0 Å². The van der Waals surface area contributed by atoms with Gasteiger partial charge in [-0.25, -0.2) is 0 Å². The normalized spacial score (nSPS) is 56.3. The molecule has 3 aliphatic carbocycles. The highest BCUT2D eigenvalue weighted by atomic mass is 32.1. The van der Waals surface area contributed by atoms with E-state index in [9.17, 15) is 0 Å². The predicted octanol–water partition coefficient (Wildman–Crippen LogP) is 3.77. The molecule has 0 aromatic carbocycles. The van der Waals surface area contributed by atoms with Crippen molar-refractivity contribution in [3.63, 3.8) is 0 Å². The zero-order valence-electron chi connectivity index (χ0n) is 9.14. The third kappa shape index (κ3) is 1.19. The Morgan fingerprint density at radius 3 is 2.46 bits per heavy atom. The Hall–Kier alpha value is 0.350. The van der Waals surface area contributed by atoms with Gasteiger partial charge in [0.2, 0.25) is 0 Å². The lowest BCUT2D eigenvalue weighted by Crippen LogP contribution is -2.44. The molecule has 3 aliphatic rings. The summed E-state index contributed by atoms with van der Waals surface area (Å²) in [5.41, 5.74) is 1.58. The third-order valence-electron chi connectivity index (χ3n) is 5.08. The molecule has 3 rings (SSSR count). The van der Waals surface area contributed by atoms with Gasteiger partial charge in [-0.15, -0.1) is 0 Å². The maximum absolute atomic E-state index is 3.53. The molecule has 0 aromatic heterocycles. The highest BCUT2D eigenvalue weighted by Gasteiger charge is 2.62. The van der Waals surface area contributed by atoms with E-state index in [4.69, 9.17) is 0 Å². The third-order valence-corrected chi connectivity index (χ3v) is 5.08. The summed E-state index contributed by atoms with van der Waals surface area (Å²) in [6, 6.07) is 0. The van der Waals surface area contributed by atoms with E-state index in [0.29, 0.717) is 0 Å². The second-order valence-corrected chi connectivity index (χ2v) is 5.87. The van der Waals surface area contributed by atoms with Crippen LogP contribution in [-0.4, -0.2) is 6.26 Å². The molecular weight excluding hydrogens is 176 g/mol. The monoisotopic (exact) mass is 198 g/mol. The second kappa shape index (κ2) is 2.92. The summed E-state index contributed by atoms with van der Waals surface area (Å²) in [7, 11) is 0. The van der Waals surface area contributed by atoms with Crippen molar-refractivity contribution in [1.82, 2.24) is 0 Å². The molecule has 13 heavy (non-hydrogen) atoms. The SMILES string of the molecule is CC12CCC3CC(C1)C3(C)C2.CS. The summed E-state index contributed by atoms with van der Waals surface area (Å²) in [4.78, 5) is 0. The van der Waals surface area contributed by atoms with Crippen LogP contribution >= 0.6 is 12.6 Å². The zero-order valence-corrected chi connectivity index (χ0v) is 10.0. The second-order valence-electron chi connectivity index (χ2n) is 5.87. The predicted molar refractivity (Wildman–Crippen MR) is 61.2 cm³/mol. The Balaban J connectivity index is 0.000000308. The molecule has 1 heteroatoms. The van der Waals surface area contributed by atoms with Gasteiger partial charge in [0.05, 0.1) is 0 Å². The highest BCUT2D eigenvalue weighted by Crippen LogP contribution is 2.72. The van der Waals surface area contributed by atoms with Crippen LogP contribution in [0.5, 0.6) is 0 Å². The first-order valence-electron chi connectivity index (χ1n) is 5.57. The van der Waals surface area contributed by atoms with Crippen molar-refractivity contribution in [3.8, 4) is 0 Å². The largest absolute Gasteiger partial charge is 0.183 e. The van der Waals surface area contributed by atoms with E-state index in [-0.39, 0.29) is 0 Å². The molecular formula is C12H22S. The first kappa shape index (κ1) is 9.89. The Kier molecular flexibility index (Phi) is 2.22. The van der Waals surface area contributed by atoms with Crippen LogP contribution in [0.15, 0.2) is 0 Å². The van der Waals surface area contributed by atoms with Crippen molar-refractivity contribution in [3.05, 3.63) is 0 Å². The smallest absolute Gasteiger partial charge is 0.0215 e. The standard InChI is InChI=1S/C11H18.CH4S/c1-10-4-3-8-5-9(6-10)11(8,2)7-10;1-2/h8-9H,3-7H2,1-2H3;2H,1H3. The first-order valence-corrected chi connectivity index (χ1v) is 6.47. The van der Waals surface area contributed by atoms with Crippen molar-refractivity contribution in [1.29, 1.82) is 0 Å². The lowest BCUT2D eigenvalue weighted by Gasteiger charge is -2.53. The minimum Gasteiger partial charge on any atom is -0.183 e. The quantitative estimate of drug-likeness (QED) is 0.563. The van der Waals surface area contributed by atoms with Crippen molar-refractivity contribution in [2.75, 3.05) is 6.26 Å². The maximum Gasteiger partial charge on any atom is -0.0215 e. The van der Waals surface area contributed by atoms with E-state index >= 15 is 0 Å². The van der Waals surface area contributed by atoms with E-state index in [1.807, 2.05) is 0 Å². The van der Waals surface area contributed by atoms with E-state index in [0.717, 1.165) is 22.7 Å². The van der Waals surface area contributed by atoms with Crippen LogP contribution in [0.4, 0.5) is 0 Å². The fourth-order valence-corrected chi connectivity index (χ4v) is 4.41. The molecule has 0 aromatic rings. The van der Waals surface area contributed by atoms with Gasteiger partial charge < -0.3 is 0 Å². The fraction of sp³-hybridized carbons (Fsp3) is 1.00. The number of hydrogen-bond donors (Lipinski definition) is 1. The molecule has 2 bridgehead atoms. The van der Waals surface area contributed by atoms with E-state index in [1.165, 1.54) is 6.42 Å². The molecule has 0 N–H and O–H groups in total. The number of fused-ring (bicyclic) bond motifs is 1. The van der Waals surface area contributed by atoms with Crippen LogP contribution in [0, 0.1) is 22.7 Å².